The van der Waals surface area contributed by atoms with Crippen molar-refractivity contribution in [2.24, 2.45) is 0 Å². The Kier molecular flexibility index (Phi) is 4.94. The maximum atomic E-state index is 13.1. The molecule has 0 amide bonds. The van der Waals surface area contributed by atoms with E-state index in [1.165, 1.54) is 12.1 Å². The number of likely N-dealkylation sites (N-methyl/N-ethyl adjacent to an activating group) is 1. The molecule has 2 heterocycles. The Labute approximate surface area is 146 Å². The van der Waals surface area contributed by atoms with Crippen LogP contribution in [0.5, 0.6) is 0 Å². The van der Waals surface area contributed by atoms with Crippen molar-refractivity contribution in [2.75, 3.05) is 7.05 Å². The highest BCUT2D eigenvalue weighted by molar-refractivity contribution is 5.38. The summed E-state index contributed by atoms with van der Waals surface area (Å²) >= 11 is 0. The molecule has 2 aromatic heterocycles. The second-order valence-corrected chi connectivity index (χ2v) is 6.21. The zero-order valence-electron chi connectivity index (χ0n) is 14.9. The second-order valence-electron chi connectivity index (χ2n) is 6.21. The van der Waals surface area contributed by atoms with Crippen molar-refractivity contribution in [1.29, 1.82) is 0 Å². The molecule has 7 heteroatoms. The van der Waals surface area contributed by atoms with E-state index in [0.717, 1.165) is 22.6 Å². The number of halogens is 1. The lowest BCUT2D eigenvalue weighted by Gasteiger charge is -2.05. The van der Waals surface area contributed by atoms with Crippen LogP contribution in [-0.2, 0) is 12.8 Å². The zero-order valence-corrected chi connectivity index (χ0v) is 14.9. The highest BCUT2D eigenvalue weighted by Crippen LogP contribution is 2.21. The van der Waals surface area contributed by atoms with Gasteiger partial charge in [0.1, 0.15) is 5.82 Å². The van der Waals surface area contributed by atoms with Crippen LogP contribution in [0.2, 0.25) is 0 Å². The van der Waals surface area contributed by atoms with Gasteiger partial charge >= 0.3 is 0 Å². The summed E-state index contributed by atoms with van der Waals surface area (Å²) in [5.41, 5.74) is 3.74. The molecule has 0 fully saturated rings. The highest BCUT2D eigenvalue weighted by atomic mass is 19.1. The number of rotatable bonds is 6. The third-order valence-electron chi connectivity index (χ3n) is 4.33. The van der Waals surface area contributed by atoms with E-state index in [2.05, 4.69) is 27.5 Å². The molecule has 0 aliphatic heterocycles. The Morgan fingerprint density at radius 1 is 1.24 bits per heavy atom. The largest absolute Gasteiger partial charge is 0.339 e. The van der Waals surface area contributed by atoms with Gasteiger partial charge in [0.25, 0.3) is 0 Å². The summed E-state index contributed by atoms with van der Waals surface area (Å²) in [6.45, 7) is 6.00. The summed E-state index contributed by atoms with van der Waals surface area (Å²) in [7, 11) is 1.90. The van der Waals surface area contributed by atoms with Crippen molar-refractivity contribution in [3.8, 4) is 5.69 Å². The van der Waals surface area contributed by atoms with Crippen molar-refractivity contribution in [3.63, 3.8) is 0 Å². The fourth-order valence-corrected chi connectivity index (χ4v) is 2.74. The van der Waals surface area contributed by atoms with Crippen LogP contribution >= 0.6 is 0 Å². The fraction of sp³-hybridized carbons (Fsp3) is 0.389. The average Bonchev–Trinajstić information content (AvgIpc) is 3.15. The summed E-state index contributed by atoms with van der Waals surface area (Å²) in [4.78, 5) is 4.46. The molecule has 25 heavy (non-hydrogen) atoms. The highest BCUT2D eigenvalue weighted by Gasteiger charge is 2.17. The van der Waals surface area contributed by atoms with Crippen LogP contribution in [-0.4, -0.2) is 33.0 Å². The number of benzene rings is 1. The van der Waals surface area contributed by atoms with Gasteiger partial charge in [0.15, 0.2) is 5.82 Å². The Morgan fingerprint density at radius 2 is 1.96 bits per heavy atom. The first-order valence-electron chi connectivity index (χ1n) is 8.27. The minimum Gasteiger partial charge on any atom is -0.339 e. The topological polar surface area (TPSA) is 68.8 Å². The first-order chi connectivity index (χ1) is 12.0. The molecule has 1 unspecified atom stereocenters. The van der Waals surface area contributed by atoms with E-state index >= 15 is 0 Å². The Bertz CT molecular complexity index is 853. The molecule has 3 rings (SSSR count). The van der Waals surface area contributed by atoms with Crippen LogP contribution in [0.4, 0.5) is 4.39 Å². The molecule has 0 radical (unpaired) electrons. The fourth-order valence-electron chi connectivity index (χ4n) is 2.74. The summed E-state index contributed by atoms with van der Waals surface area (Å²) in [6.07, 6.45) is 1.24. The van der Waals surface area contributed by atoms with Gasteiger partial charge in [-0.1, -0.05) is 5.16 Å². The van der Waals surface area contributed by atoms with Crippen LogP contribution in [0, 0.1) is 19.7 Å². The van der Waals surface area contributed by atoms with Crippen molar-refractivity contribution in [2.45, 2.75) is 39.7 Å². The molecule has 0 aliphatic rings. The van der Waals surface area contributed by atoms with E-state index in [4.69, 9.17) is 4.52 Å². The van der Waals surface area contributed by atoms with Gasteiger partial charge < -0.3 is 9.84 Å². The van der Waals surface area contributed by atoms with Gasteiger partial charge in [0, 0.05) is 23.7 Å². The lowest BCUT2D eigenvalue weighted by molar-refractivity contribution is 0.377. The Hall–Kier alpha value is -2.54. The van der Waals surface area contributed by atoms with Crippen LogP contribution in [0.15, 0.2) is 28.8 Å². The number of nitrogens with one attached hydrogen (secondary N) is 1. The molecule has 0 saturated carbocycles. The van der Waals surface area contributed by atoms with Gasteiger partial charge in [-0.2, -0.15) is 10.1 Å². The minimum atomic E-state index is -0.264. The van der Waals surface area contributed by atoms with E-state index in [1.54, 1.807) is 12.1 Å². The number of aromatic nitrogens is 4. The van der Waals surface area contributed by atoms with E-state index in [-0.39, 0.29) is 11.9 Å². The molecule has 0 spiro atoms. The normalized spacial score (nSPS) is 12.5. The lowest BCUT2D eigenvalue weighted by Crippen LogP contribution is -2.24. The maximum Gasteiger partial charge on any atom is 0.231 e. The monoisotopic (exact) mass is 343 g/mol. The number of hydrogen-bond donors (Lipinski definition) is 1. The lowest BCUT2D eigenvalue weighted by atomic mass is 10.1. The van der Waals surface area contributed by atoms with Gasteiger partial charge in [0.05, 0.1) is 17.8 Å². The predicted octanol–water partition coefficient (Wildman–Crippen LogP) is 2.75. The van der Waals surface area contributed by atoms with E-state index in [1.807, 2.05) is 25.6 Å². The molecule has 132 valence electrons. The van der Waals surface area contributed by atoms with Crippen LogP contribution < -0.4 is 5.32 Å². The first kappa shape index (κ1) is 17.3. The van der Waals surface area contributed by atoms with E-state index in [9.17, 15) is 4.39 Å². The van der Waals surface area contributed by atoms with Crippen molar-refractivity contribution < 1.29 is 8.91 Å². The molecule has 1 atom stereocenters. The molecule has 6 nitrogen and oxygen atoms in total. The van der Waals surface area contributed by atoms with Crippen molar-refractivity contribution in [1.82, 2.24) is 25.2 Å². The zero-order chi connectivity index (χ0) is 18.0. The summed E-state index contributed by atoms with van der Waals surface area (Å²) < 4.78 is 20.3. The second kappa shape index (κ2) is 7.14. The third kappa shape index (κ3) is 3.76. The van der Waals surface area contributed by atoms with Gasteiger partial charge in [-0.25, -0.2) is 9.07 Å². The average molecular weight is 343 g/mol. The molecular weight excluding hydrogens is 321 g/mol. The van der Waals surface area contributed by atoms with Crippen molar-refractivity contribution >= 4 is 0 Å². The minimum absolute atomic E-state index is 0.264. The molecule has 0 bridgehead atoms. The third-order valence-corrected chi connectivity index (χ3v) is 4.33. The van der Waals surface area contributed by atoms with E-state index in [0.29, 0.717) is 24.6 Å². The van der Waals surface area contributed by atoms with E-state index < -0.39 is 0 Å². The SMILES string of the molecule is CNC(C)Cc1noc(Cc2c(C)nn(-c3ccc(F)cc3)c2C)n1. The molecule has 0 saturated heterocycles. The Morgan fingerprint density at radius 3 is 2.64 bits per heavy atom. The van der Waals surface area contributed by atoms with Gasteiger partial charge in [-0.3, -0.25) is 0 Å². The standard InChI is InChI=1S/C18H22FN5O/c1-11(20-4)9-17-21-18(25-23-17)10-16-12(2)22-24(13(16)3)15-7-5-14(19)6-8-15/h5-8,11,20H,9-10H2,1-4H3. The van der Waals surface area contributed by atoms with Crippen LogP contribution in [0.1, 0.15) is 35.6 Å². The predicted molar refractivity (Wildman–Crippen MR) is 92.3 cm³/mol. The number of nitrogens with zero attached hydrogens (tertiary/aromatic N) is 4. The Balaban J connectivity index is 1.83. The van der Waals surface area contributed by atoms with Crippen LogP contribution in [0.3, 0.4) is 0 Å². The summed E-state index contributed by atoms with van der Waals surface area (Å²) in [5, 5.41) is 11.8. The van der Waals surface area contributed by atoms with Crippen molar-refractivity contribution in [3.05, 3.63) is 58.7 Å². The smallest absolute Gasteiger partial charge is 0.231 e. The van der Waals surface area contributed by atoms with Gasteiger partial charge in [-0.15, -0.1) is 0 Å². The first-order valence-corrected chi connectivity index (χ1v) is 8.27. The van der Waals surface area contributed by atoms with Crippen LogP contribution in [0.25, 0.3) is 5.69 Å². The molecule has 1 aromatic carbocycles. The summed E-state index contributed by atoms with van der Waals surface area (Å²) in [5.74, 6) is 1.00. The summed E-state index contributed by atoms with van der Waals surface area (Å²) in [6, 6.07) is 6.57. The maximum absolute atomic E-state index is 13.1. The quantitative estimate of drug-likeness (QED) is 0.745. The molecule has 1 N–H and O–H groups in total. The van der Waals surface area contributed by atoms with Gasteiger partial charge in [-0.05, 0) is 52.1 Å². The molecule has 3 aromatic rings. The van der Waals surface area contributed by atoms with Gasteiger partial charge in [0.2, 0.25) is 5.89 Å². The molecule has 0 aliphatic carbocycles. The number of aryl methyl sites for hydroxylation is 1. The number of hydrogen-bond acceptors (Lipinski definition) is 5. The molecular formula is C18H22FN5O.